The average Bonchev–Trinajstić information content (AvgIpc) is 3.08. The van der Waals surface area contributed by atoms with Gasteiger partial charge in [0.15, 0.2) is 11.6 Å². The van der Waals surface area contributed by atoms with Gasteiger partial charge >= 0.3 is 0 Å². The molecule has 49 heavy (non-hydrogen) atoms. The summed E-state index contributed by atoms with van der Waals surface area (Å²) < 4.78 is 10.7. The number of carbonyl (C=O) groups is 4. The Morgan fingerprint density at radius 1 is 0.735 bits per heavy atom. The summed E-state index contributed by atoms with van der Waals surface area (Å²) in [7, 11) is 0. The zero-order valence-electron chi connectivity index (χ0n) is 29.3. The lowest BCUT2D eigenvalue weighted by atomic mass is 9.87. The third kappa shape index (κ3) is 17.7. The minimum Gasteiger partial charge on any atom is -0.394 e. The number of hydrogen-bond donors (Lipinski definition) is 5. The molecule has 0 aliphatic carbocycles. The first-order valence-electron chi connectivity index (χ1n) is 17.6. The summed E-state index contributed by atoms with van der Waals surface area (Å²) in [6, 6.07) is 16.4. The molecule has 2 aromatic rings. The van der Waals surface area contributed by atoms with Crippen LogP contribution in [0.2, 0.25) is 0 Å². The quantitative estimate of drug-likeness (QED) is 0.0885. The summed E-state index contributed by atoms with van der Waals surface area (Å²) in [5.74, 6) is -1.73. The fraction of sp³-hybridized carbons (Fsp3) is 0.579. The lowest BCUT2D eigenvalue weighted by Gasteiger charge is -2.25. The molecule has 0 saturated carbocycles. The fourth-order valence-corrected chi connectivity index (χ4v) is 5.58. The Labute approximate surface area is 291 Å². The van der Waals surface area contributed by atoms with Gasteiger partial charge in [-0.2, -0.15) is 0 Å². The van der Waals surface area contributed by atoms with Gasteiger partial charge in [0.25, 0.3) is 0 Å². The molecule has 7 N–H and O–H groups in total. The molecule has 2 amide bonds. The molecule has 4 atom stereocenters. The maximum absolute atomic E-state index is 13.9. The van der Waals surface area contributed by atoms with Crippen molar-refractivity contribution in [1.82, 2.24) is 10.6 Å². The molecule has 0 bridgehead atoms. The van der Waals surface area contributed by atoms with Gasteiger partial charge in [-0.3, -0.25) is 19.2 Å². The van der Waals surface area contributed by atoms with Crippen LogP contribution in [0.3, 0.4) is 0 Å². The van der Waals surface area contributed by atoms with Crippen LogP contribution >= 0.6 is 0 Å². The standard InChI is InChI=1S/C38H58N4O7/c1-28(2)24-31(37(46)41-33(16-9-10-18-39)35(44)17-11-20-48-22-23-49-21-19-43)27-36(45)34(26-30-14-7-4-8-15-30)42-38(47)32(40)25-29-12-5-3-6-13-29/h3-8,12-15,28,31-34,43H,9-11,16-27,39-40H2,1-2H3,(H,41,46)(H,42,47)/t31-,32+,33+,34+/m0/s1. The zero-order chi connectivity index (χ0) is 35.9. The van der Waals surface area contributed by atoms with E-state index in [2.05, 4.69) is 10.6 Å². The van der Waals surface area contributed by atoms with Crippen LogP contribution in [-0.2, 0) is 41.5 Å². The molecule has 0 heterocycles. The highest BCUT2D eigenvalue weighted by Crippen LogP contribution is 2.20. The first kappa shape index (κ1) is 41.7. The average molecular weight is 683 g/mol. The van der Waals surface area contributed by atoms with Gasteiger partial charge in [0.1, 0.15) is 0 Å². The number of unbranched alkanes of at least 4 members (excludes halogenated alkanes) is 1. The molecule has 0 spiro atoms. The van der Waals surface area contributed by atoms with E-state index in [1.165, 1.54) is 0 Å². The van der Waals surface area contributed by atoms with Gasteiger partial charge in [0, 0.05) is 25.4 Å². The van der Waals surface area contributed by atoms with Crippen LogP contribution in [-0.4, -0.2) is 86.2 Å². The summed E-state index contributed by atoms with van der Waals surface area (Å²) in [5.41, 5.74) is 13.7. The van der Waals surface area contributed by atoms with Crippen molar-refractivity contribution in [3.8, 4) is 0 Å². The molecule has 0 aliphatic heterocycles. The second kappa shape index (κ2) is 24.6. The van der Waals surface area contributed by atoms with E-state index in [1.807, 2.05) is 74.5 Å². The Kier molecular flexibility index (Phi) is 20.9. The van der Waals surface area contributed by atoms with Crippen molar-refractivity contribution >= 4 is 23.4 Å². The molecule has 11 heteroatoms. The second-order valence-electron chi connectivity index (χ2n) is 12.9. The van der Waals surface area contributed by atoms with Crippen LogP contribution in [0.15, 0.2) is 60.7 Å². The number of carbonyl (C=O) groups excluding carboxylic acids is 4. The summed E-state index contributed by atoms with van der Waals surface area (Å²) in [4.78, 5) is 54.2. The molecule has 0 unspecified atom stereocenters. The number of ether oxygens (including phenoxy) is 2. The van der Waals surface area contributed by atoms with Crippen molar-refractivity contribution in [3.05, 3.63) is 71.8 Å². The molecule has 2 aromatic carbocycles. The maximum Gasteiger partial charge on any atom is 0.237 e. The number of nitrogens with two attached hydrogens (primary N) is 2. The van der Waals surface area contributed by atoms with Crippen LogP contribution in [0.4, 0.5) is 0 Å². The Hall–Kier alpha value is -3.48. The van der Waals surface area contributed by atoms with Crippen LogP contribution in [0, 0.1) is 11.8 Å². The largest absolute Gasteiger partial charge is 0.394 e. The van der Waals surface area contributed by atoms with Crippen LogP contribution in [0.5, 0.6) is 0 Å². The summed E-state index contributed by atoms with van der Waals surface area (Å²) in [5, 5.41) is 14.6. The lowest BCUT2D eigenvalue weighted by Crippen LogP contribution is -2.51. The molecule has 0 saturated heterocycles. The van der Waals surface area contributed by atoms with Crippen molar-refractivity contribution in [3.63, 3.8) is 0 Å². The molecule has 11 nitrogen and oxygen atoms in total. The van der Waals surface area contributed by atoms with Crippen LogP contribution in [0.25, 0.3) is 0 Å². The minimum absolute atomic E-state index is 0.0489. The van der Waals surface area contributed by atoms with Gasteiger partial charge < -0.3 is 36.7 Å². The molecule has 0 aliphatic rings. The van der Waals surface area contributed by atoms with E-state index < -0.39 is 30.0 Å². The predicted octanol–water partition coefficient (Wildman–Crippen LogP) is 2.89. The first-order chi connectivity index (χ1) is 23.6. The van der Waals surface area contributed by atoms with Crippen molar-refractivity contribution in [2.75, 3.05) is 39.6 Å². The maximum atomic E-state index is 13.9. The number of benzene rings is 2. The molecule has 2 rings (SSSR count). The van der Waals surface area contributed by atoms with E-state index in [-0.39, 0.29) is 55.9 Å². The number of Topliss-reactive ketones (excluding diaryl/α,β-unsaturated/α-hetero) is 2. The minimum atomic E-state index is -0.879. The SMILES string of the molecule is CC(C)C[C@@H](CC(=O)[C@@H](Cc1ccccc1)NC(=O)[C@H](N)Cc1ccccc1)C(=O)N[C@H](CCCCN)C(=O)CCCOCCOCCO. The molecule has 272 valence electrons. The molecule has 0 radical (unpaired) electrons. The number of nitrogens with one attached hydrogen (secondary N) is 2. The smallest absolute Gasteiger partial charge is 0.237 e. The summed E-state index contributed by atoms with van der Waals surface area (Å²) in [6.45, 7) is 5.73. The Morgan fingerprint density at radius 3 is 1.92 bits per heavy atom. The van der Waals surface area contributed by atoms with Crippen molar-refractivity contribution in [2.45, 2.75) is 89.8 Å². The highest BCUT2D eigenvalue weighted by molar-refractivity contribution is 5.95. The van der Waals surface area contributed by atoms with Crippen LogP contribution in [0.1, 0.15) is 69.9 Å². The third-order valence-corrected chi connectivity index (χ3v) is 8.17. The van der Waals surface area contributed by atoms with Crippen molar-refractivity contribution in [1.29, 1.82) is 0 Å². The van der Waals surface area contributed by atoms with Crippen molar-refractivity contribution in [2.24, 2.45) is 23.3 Å². The summed E-state index contributed by atoms with van der Waals surface area (Å²) >= 11 is 0. The second-order valence-corrected chi connectivity index (χ2v) is 12.9. The van der Waals surface area contributed by atoms with Gasteiger partial charge in [0.05, 0.1) is 44.6 Å². The van der Waals surface area contributed by atoms with Gasteiger partial charge in [-0.05, 0) is 68.5 Å². The predicted molar refractivity (Wildman–Crippen MR) is 191 cm³/mol. The van der Waals surface area contributed by atoms with Gasteiger partial charge in [-0.15, -0.1) is 0 Å². The number of rotatable bonds is 27. The van der Waals surface area contributed by atoms with E-state index in [4.69, 9.17) is 26.0 Å². The molecule has 0 aromatic heterocycles. The lowest BCUT2D eigenvalue weighted by molar-refractivity contribution is -0.134. The van der Waals surface area contributed by atoms with Gasteiger partial charge in [0.2, 0.25) is 11.8 Å². The van der Waals surface area contributed by atoms with Gasteiger partial charge in [-0.25, -0.2) is 0 Å². The summed E-state index contributed by atoms with van der Waals surface area (Å²) in [6.07, 6.45) is 3.49. The highest BCUT2D eigenvalue weighted by Gasteiger charge is 2.31. The first-order valence-corrected chi connectivity index (χ1v) is 17.6. The van der Waals surface area contributed by atoms with E-state index in [1.54, 1.807) is 0 Å². The number of aliphatic hydroxyl groups is 1. The number of ketones is 2. The monoisotopic (exact) mass is 682 g/mol. The number of aliphatic hydroxyl groups excluding tert-OH is 1. The van der Waals surface area contributed by atoms with Gasteiger partial charge in [-0.1, -0.05) is 74.5 Å². The number of hydrogen-bond acceptors (Lipinski definition) is 9. The van der Waals surface area contributed by atoms with E-state index in [0.717, 1.165) is 17.5 Å². The van der Waals surface area contributed by atoms with Crippen LogP contribution < -0.4 is 22.1 Å². The molecule has 0 fully saturated rings. The van der Waals surface area contributed by atoms with E-state index in [0.29, 0.717) is 58.5 Å². The number of amides is 2. The normalized spacial score (nSPS) is 13.8. The topological polar surface area (TPSA) is 183 Å². The highest BCUT2D eigenvalue weighted by atomic mass is 16.5. The van der Waals surface area contributed by atoms with E-state index >= 15 is 0 Å². The fourth-order valence-electron chi connectivity index (χ4n) is 5.58. The van der Waals surface area contributed by atoms with Crippen molar-refractivity contribution < 1.29 is 33.8 Å². The Bertz CT molecular complexity index is 1230. The third-order valence-electron chi connectivity index (χ3n) is 8.17. The van der Waals surface area contributed by atoms with E-state index in [9.17, 15) is 19.2 Å². The Balaban J connectivity index is 2.12. The zero-order valence-corrected chi connectivity index (χ0v) is 29.3. The molecular weight excluding hydrogens is 624 g/mol. The molecular formula is C38H58N4O7. The Morgan fingerprint density at radius 2 is 1.33 bits per heavy atom.